The molecule has 2 atom stereocenters. The molecular formula is C32H62O4. The summed E-state index contributed by atoms with van der Waals surface area (Å²) in [6.07, 6.45) is 27.9. The van der Waals surface area contributed by atoms with E-state index in [-0.39, 0.29) is 11.9 Å². The van der Waals surface area contributed by atoms with Gasteiger partial charge in [0.1, 0.15) is 12.2 Å². The van der Waals surface area contributed by atoms with Crippen LogP contribution in [0.25, 0.3) is 0 Å². The van der Waals surface area contributed by atoms with E-state index in [1.807, 2.05) is 13.8 Å². The van der Waals surface area contributed by atoms with Crippen molar-refractivity contribution < 1.29 is 19.1 Å². The molecule has 0 aliphatic carbocycles. The zero-order valence-electron chi connectivity index (χ0n) is 24.8. The monoisotopic (exact) mass is 510 g/mol. The molecule has 0 aromatic rings. The molecule has 2 unspecified atom stereocenters. The summed E-state index contributed by atoms with van der Waals surface area (Å²) >= 11 is 0. The van der Waals surface area contributed by atoms with Crippen LogP contribution in [-0.2, 0) is 19.1 Å². The van der Waals surface area contributed by atoms with E-state index in [2.05, 4.69) is 13.8 Å². The smallest absolute Gasteiger partial charge is 0.306 e. The molecule has 0 saturated carbocycles. The second-order valence-electron chi connectivity index (χ2n) is 11.0. The molecule has 0 saturated heterocycles. The third-order valence-corrected chi connectivity index (χ3v) is 7.26. The Morgan fingerprint density at radius 3 is 0.889 bits per heavy atom. The third-order valence-electron chi connectivity index (χ3n) is 7.26. The lowest BCUT2D eigenvalue weighted by Crippen LogP contribution is -2.30. The predicted molar refractivity (Wildman–Crippen MR) is 153 cm³/mol. The fraction of sp³-hybridized carbons (Fsp3) is 0.938. The van der Waals surface area contributed by atoms with Crippen molar-refractivity contribution in [2.24, 2.45) is 0 Å². The van der Waals surface area contributed by atoms with Gasteiger partial charge in [-0.25, -0.2) is 0 Å². The Balaban J connectivity index is 3.59. The summed E-state index contributed by atoms with van der Waals surface area (Å²) in [5, 5.41) is 0. The van der Waals surface area contributed by atoms with Crippen molar-refractivity contribution in [2.45, 2.75) is 194 Å². The van der Waals surface area contributed by atoms with Crippen LogP contribution in [0, 0.1) is 0 Å². The summed E-state index contributed by atoms with van der Waals surface area (Å²) in [5.74, 6) is -0.349. The van der Waals surface area contributed by atoms with Gasteiger partial charge in [-0.05, 0) is 26.7 Å². The topological polar surface area (TPSA) is 52.6 Å². The zero-order valence-corrected chi connectivity index (χ0v) is 24.8. The van der Waals surface area contributed by atoms with E-state index in [9.17, 15) is 9.59 Å². The molecule has 0 aliphatic rings. The first-order chi connectivity index (χ1) is 17.5. The van der Waals surface area contributed by atoms with Crippen LogP contribution in [-0.4, -0.2) is 24.1 Å². The van der Waals surface area contributed by atoms with Gasteiger partial charge >= 0.3 is 11.9 Å². The van der Waals surface area contributed by atoms with Crippen molar-refractivity contribution >= 4 is 11.9 Å². The highest BCUT2D eigenvalue weighted by atomic mass is 16.6. The molecule has 0 bridgehead atoms. The Hall–Kier alpha value is -1.06. The summed E-state index contributed by atoms with van der Waals surface area (Å²) in [6.45, 7) is 8.15. The van der Waals surface area contributed by atoms with Gasteiger partial charge in [0.15, 0.2) is 0 Å². The maximum atomic E-state index is 12.1. The molecule has 0 heterocycles. The van der Waals surface area contributed by atoms with E-state index in [4.69, 9.17) is 9.47 Å². The number of carbonyl (C=O) groups excluding carboxylic acids is 2. The van der Waals surface area contributed by atoms with Gasteiger partial charge in [-0.15, -0.1) is 0 Å². The number of esters is 2. The summed E-state index contributed by atoms with van der Waals surface area (Å²) in [4.78, 5) is 24.3. The second-order valence-corrected chi connectivity index (χ2v) is 11.0. The van der Waals surface area contributed by atoms with Crippen molar-refractivity contribution in [2.75, 3.05) is 0 Å². The Bertz CT molecular complexity index is 447. The number of hydrogen-bond acceptors (Lipinski definition) is 4. The normalized spacial score (nSPS) is 12.9. The minimum absolute atomic E-state index is 0.174. The summed E-state index contributed by atoms with van der Waals surface area (Å²) in [6, 6.07) is 0. The molecule has 0 N–H and O–H groups in total. The Morgan fingerprint density at radius 1 is 0.417 bits per heavy atom. The van der Waals surface area contributed by atoms with Gasteiger partial charge in [-0.3, -0.25) is 9.59 Å². The summed E-state index contributed by atoms with van der Waals surface area (Å²) in [5.41, 5.74) is 0. The predicted octanol–water partition coefficient (Wildman–Crippen LogP) is 10.3. The first kappa shape index (κ1) is 34.9. The van der Waals surface area contributed by atoms with Crippen LogP contribution < -0.4 is 0 Å². The molecule has 4 nitrogen and oxygen atoms in total. The van der Waals surface area contributed by atoms with Gasteiger partial charge < -0.3 is 9.47 Å². The maximum Gasteiger partial charge on any atom is 0.306 e. The molecule has 4 heteroatoms. The standard InChI is InChI=1S/C32H62O4/c1-5-7-9-11-13-15-17-19-21-23-25-27-31(33)35-29(3)30(4)36-32(34)28-26-24-22-20-18-16-14-12-10-8-6-2/h29-30H,5-28H2,1-4H3. The highest BCUT2D eigenvalue weighted by Crippen LogP contribution is 2.15. The molecular weight excluding hydrogens is 448 g/mol. The molecule has 0 aromatic carbocycles. The molecule has 0 radical (unpaired) electrons. The number of ether oxygens (including phenoxy) is 2. The van der Waals surface area contributed by atoms with Crippen molar-refractivity contribution in [1.29, 1.82) is 0 Å². The van der Waals surface area contributed by atoms with E-state index in [1.165, 1.54) is 116 Å². The number of unbranched alkanes of at least 4 members (excludes halogenated alkanes) is 20. The first-order valence-corrected chi connectivity index (χ1v) is 15.9. The maximum absolute atomic E-state index is 12.1. The van der Waals surface area contributed by atoms with E-state index in [0.29, 0.717) is 12.8 Å². The van der Waals surface area contributed by atoms with E-state index in [1.54, 1.807) is 0 Å². The van der Waals surface area contributed by atoms with Gasteiger partial charge in [0.05, 0.1) is 0 Å². The lowest BCUT2D eigenvalue weighted by atomic mass is 10.1. The van der Waals surface area contributed by atoms with E-state index in [0.717, 1.165) is 25.7 Å². The third kappa shape index (κ3) is 24.6. The molecule has 214 valence electrons. The highest BCUT2D eigenvalue weighted by molar-refractivity contribution is 5.70. The van der Waals surface area contributed by atoms with Crippen molar-refractivity contribution in [1.82, 2.24) is 0 Å². The van der Waals surface area contributed by atoms with Crippen LogP contribution in [0.15, 0.2) is 0 Å². The molecule has 36 heavy (non-hydrogen) atoms. The van der Waals surface area contributed by atoms with Gasteiger partial charge in [0, 0.05) is 12.8 Å². The van der Waals surface area contributed by atoms with E-state index >= 15 is 0 Å². The minimum atomic E-state index is -0.397. The average molecular weight is 511 g/mol. The van der Waals surface area contributed by atoms with Crippen molar-refractivity contribution in [3.05, 3.63) is 0 Å². The average Bonchev–Trinajstić information content (AvgIpc) is 2.85. The van der Waals surface area contributed by atoms with Crippen LogP contribution >= 0.6 is 0 Å². The highest BCUT2D eigenvalue weighted by Gasteiger charge is 2.20. The first-order valence-electron chi connectivity index (χ1n) is 15.9. The van der Waals surface area contributed by atoms with Gasteiger partial charge in [0.25, 0.3) is 0 Å². The van der Waals surface area contributed by atoms with Crippen LogP contribution in [0.1, 0.15) is 182 Å². The summed E-state index contributed by atoms with van der Waals surface area (Å²) < 4.78 is 11.0. The Morgan fingerprint density at radius 2 is 0.639 bits per heavy atom. The SMILES string of the molecule is CCCCCCCCCCCCCC(=O)OC(C)C(C)OC(=O)CCCCCCCCCCCCC. The fourth-order valence-electron chi connectivity index (χ4n) is 4.59. The Labute approximate surface area is 225 Å². The molecule has 0 rings (SSSR count). The van der Waals surface area contributed by atoms with Crippen LogP contribution in [0.3, 0.4) is 0 Å². The number of carbonyl (C=O) groups is 2. The summed E-state index contributed by atoms with van der Waals surface area (Å²) in [7, 11) is 0. The van der Waals surface area contributed by atoms with Crippen molar-refractivity contribution in [3.63, 3.8) is 0 Å². The van der Waals surface area contributed by atoms with Crippen LogP contribution in [0.4, 0.5) is 0 Å². The second kappa shape index (κ2) is 27.0. The van der Waals surface area contributed by atoms with E-state index < -0.39 is 12.2 Å². The molecule has 0 fully saturated rings. The Kier molecular flexibility index (Phi) is 26.2. The largest absolute Gasteiger partial charge is 0.459 e. The zero-order chi connectivity index (χ0) is 26.7. The lowest BCUT2D eigenvalue weighted by molar-refractivity contribution is -0.165. The van der Waals surface area contributed by atoms with Gasteiger partial charge in [0.2, 0.25) is 0 Å². The molecule has 0 amide bonds. The van der Waals surface area contributed by atoms with Crippen LogP contribution in [0.5, 0.6) is 0 Å². The van der Waals surface area contributed by atoms with Gasteiger partial charge in [-0.1, -0.05) is 142 Å². The van der Waals surface area contributed by atoms with Gasteiger partial charge in [-0.2, -0.15) is 0 Å². The van der Waals surface area contributed by atoms with Crippen LogP contribution in [0.2, 0.25) is 0 Å². The molecule has 0 aromatic heterocycles. The molecule has 0 aliphatic heterocycles. The minimum Gasteiger partial charge on any atom is -0.459 e. The number of rotatable bonds is 27. The number of hydrogen-bond donors (Lipinski definition) is 0. The lowest BCUT2D eigenvalue weighted by Gasteiger charge is -2.21. The fourth-order valence-corrected chi connectivity index (χ4v) is 4.59. The molecule has 0 spiro atoms. The quantitative estimate of drug-likeness (QED) is 0.0814. The van der Waals surface area contributed by atoms with Crippen molar-refractivity contribution in [3.8, 4) is 0 Å².